The van der Waals surface area contributed by atoms with E-state index in [1.807, 2.05) is 6.07 Å². The summed E-state index contributed by atoms with van der Waals surface area (Å²) in [6, 6.07) is 3.58. The van der Waals surface area contributed by atoms with Crippen LogP contribution in [0, 0.1) is 5.92 Å². The molecule has 0 aliphatic carbocycles. The van der Waals surface area contributed by atoms with Gasteiger partial charge in [-0.1, -0.05) is 44.2 Å². The summed E-state index contributed by atoms with van der Waals surface area (Å²) in [6.45, 7) is 4.79. The normalized spacial score (nSPS) is 15.3. The number of benzene rings is 1. The number of hydrogen-bond donors (Lipinski definition) is 7. The average molecular weight is 495 g/mol. The lowest BCUT2D eigenvalue weighted by atomic mass is 10.0. The summed E-state index contributed by atoms with van der Waals surface area (Å²) in [6.07, 6.45) is -1.91. The Morgan fingerprint density at radius 2 is 1.43 bits per heavy atom. The SMILES string of the molecule is CC(C)CC(NC(=O)C(NC(=O)C(N)Cc1ccccc1)C(C)O)C(=O)NC(CC(=O)O)C(=O)O. The van der Waals surface area contributed by atoms with E-state index in [4.69, 9.17) is 10.8 Å². The predicted molar refractivity (Wildman–Crippen MR) is 125 cm³/mol. The fraction of sp³-hybridized carbons (Fsp3) is 0.522. The number of carboxylic acid groups (broad SMARTS) is 2. The molecule has 1 rings (SSSR count). The molecule has 8 N–H and O–H groups in total. The number of nitrogens with one attached hydrogen (secondary N) is 3. The van der Waals surface area contributed by atoms with Gasteiger partial charge in [0, 0.05) is 0 Å². The minimum atomic E-state index is -1.70. The first-order chi connectivity index (χ1) is 16.3. The van der Waals surface area contributed by atoms with Crippen LogP contribution in [0.5, 0.6) is 0 Å². The lowest BCUT2D eigenvalue weighted by Crippen LogP contribution is -2.60. The highest BCUT2D eigenvalue weighted by molar-refractivity contribution is 5.95. The number of carbonyl (C=O) groups is 5. The predicted octanol–water partition coefficient (Wildman–Crippen LogP) is -1.00. The molecule has 5 atom stereocenters. The summed E-state index contributed by atoms with van der Waals surface area (Å²) in [7, 11) is 0. The standard InChI is InChI=1S/C23H34N4O8/c1-12(2)9-16(21(32)26-17(23(34)35)11-18(29)30)25-22(33)19(13(3)28)27-20(31)15(24)10-14-7-5-4-6-8-14/h4-8,12-13,15-17,19,28H,9-11,24H2,1-3H3,(H,25,33)(H,26,32)(H,27,31)(H,29,30)(H,34,35). The van der Waals surface area contributed by atoms with Crippen LogP contribution >= 0.6 is 0 Å². The summed E-state index contributed by atoms with van der Waals surface area (Å²) in [5.41, 5.74) is 6.75. The van der Waals surface area contributed by atoms with Crippen molar-refractivity contribution in [3.63, 3.8) is 0 Å². The zero-order chi connectivity index (χ0) is 26.7. The first-order valence-electron chi connectivity index (χ1n) is 11.1. The molecule has 3 amide bonds. The molecule has 0 bridgehead atoms. The molecule has 0 saturated carbocycles. The van der Waals surface area contributed by atoms with E-state index in [2.05, 4.69) is 16.0 Å². The number of hydrogen-bond acceptors (Lipinski definition) is 7. The Balaban J connectivity index is 2.92. The van der Waals surface area contributed by atoms with Gasteiger partial charge in [0.2, 0.25) is 17.7 Å². The zero-order valence-electron chi connectivity index (χ0n) is 19.9. The highest BCUT2D eigenvalue weighted by atomic mass is 16.4. The highest BCUT2D eigenvalue weighted by Gasteiger charge is 2.33. The number of aliphatic hydroxyl groups is 1. The molecular weight excluding hydrogens is 460 g/mol. The molecule has 194 valence electrons. The molecule has 0 aromatic heterocycles. The van der Waals surface area contributed by atoms with Gasteiger partial charge in [0.1, 0.15) is 18.1 Å². The van der Waals surface area contributed by atoms with E-state index in [1.165, 1.54) is 6.92 Å². The summed E-state index contributed by atoms with van der Waals surface area (Å²) < 4.78 is 0. The Hall–Kier alpha value is -3.51. The van der Waals surface area contributed by atoms with E-state index in [0.29, 0.717) is 0 Å². The fourth-order valence-corrected chi connectivity index (χ4v) is 3.24. The summed E-state index contributed by atoms with van der Waals surface area (Å²) in [5, 5.41) is 35.1. The fourth-order valence-electron chi connectivity index (χ4n) is 3.24. The van der Waals surface area contributed by atoms with Crippen LogP contribution in [-0.4, -0.2) is 75.3 Å². The molecular formula is C23H34N4O8. The molecule has 0 spiro atoms. The first-order valence-corrected chi connectivity index (χ1v) is 11.1. The molecule has 0 fully saturated rings. The lowest BCUT2D eigenvalue weighted by molar-refractivity contribution is -0.147. The molecule has 0 saturated heterocycles. The van der Waals surface area contributed by atoms with Crippen LogP contribution in [0.3, 0.4) is 0 Å². The average Bonchev–Trinajstić information content (AvgIpc) is 2.75. The van der Waals surface area contributed by atoms with Gasteiger partial charge in [-0.2, -0.15) is 0 Å². The maximum Gasteiger partial charge on any atom is 0.326 e. The maximum absolute atomic E-state index is 12.9. The van der Waals surface area contributed by atoms with E-state index in [1.54, 1.807) is 38.1 Å². The molecule has 0 radical (unpaired) electrons. The molecule has 35 heavy (non-hydrogen) atoms. The highest BCUT2D eigenvalue weighted by Crippen LogP contribution is 2.08. The van der Waals surface area contributed by atoms with Crippen molar-refractivity contribution in [2.24, 2.45) is 11.7 Å². The monoisotopic (exact) mass is 494 g/mol. The Kier molecular flexibility index (Phi) is 11.8. The van der Waals surface area contributed by atoms with E-state index in [0.717, 1.165) is 5.56 Å². The minimum Gasteiger partial charge on any atom is -0.481 e. The van der Waals surface area contributed by atoms with E-state index < -0.39 is 66.4 Å². The lowest BCUT2D eigenvalue weighted by Gasteiger charge is -2.27. The quantitative estimate of drug-likeness (QED) is 0.169. The van der Waals surface area contributed by atoms with Crippen molar-refractivity contribution in [2.75, 3.05) is 0 Å². The summed E-state index contributed by atoms with van der Waals surface area (Å²) >= 11 is 0. The summed E-state index contributed by atoms with van der Waals surface area (Å²) in [5.74, 6) is -5.56. The van der Waals surface area contributed by atoms with Crippen molar-refractivity contribution in [1.29, 1.82) is 0 Å². The second-order valence-corrected chi connectivity index (χ2v) is 8.71. The van der Waals surface area contributed by atoms with Gasteiger partial charge in [-0.15, -0.1) is 0 Å². The van der Waals surface area contributed by atoms with Crippen LogP contribution in [0.25, 0.3) is 0 Å². The molecule has 0 aliphatic rings. The van der Waals surface area contributed by atoms with Gasteiger partial charge in [-0.25, -0.2) is 4.79 Å². The van der Waals surface area contributed by atoms with Crippen molar-refractivity contribution in [3.05, 3.63) is 35.9 Å². The number of aliphatic carboxylic acids is 2. The first kappa shape index (κ1) is 29.5. The molecule has 1 aromatic carbocycles. The van der Waals surface area contributed by atoms with Gasteiger partial charge in [0.25, 0.3) is 0 Å². The van der Waals surface area contributed by atoms with Crippen LogP contribution in [0.15, 0.2) is 30.3 Å². The van der Waals surface area contributed by atoms with Crippen LogP contribution in [0.1, 0.15) is 39.2 Å². The third-order valence-corrected chi connectivity index (χ3v) is 5.03. The van der Waals surface area contributed by atoms with Gasteiger partial charge in [-0.05, 0) is 31.2 Å². The Bertz CT molecular complexity index is 891. The van der Waals surface area contributed by atoms with E-state index in [-0.39, 0.29) is 18.8 Å². The van der Waals surface area contributed by atoms with E-state index in [9.17, 15) is 34.2 Å². The van der Waals surface area contributed by atoms with Gasteiger partial charge in [-0.3, -0.25) is 19.2 Å². The van der Waals surface area contributed by atoms with Crippen LogP contribution in [0.2, 0.25) is 0 Å². The topological polar surface area (TPSA) is 208 Å². The van der Waals surface area contributed by atoms with Gasteiger partial charge in [0.15, 0.2) is 0 Å². The molecule has 12 nitrogen and oxygen atoms in total. The summed E-state index contributed by atoms with van der Waals surface area (Å²) in [4.78, 5) is 60.3. The smallest absolute Gasteiger partial charge is 0.326 e. The molecule has 0 heterocycles. The number of amides is 3. The number of rotatable bonds is 14. The van der Waals surface area contributed by atoms with Crippen LogP contribution in [0.4, 0.5) is 0 Å². The molecule has 1 aromatic rings. The van der Waals surface area contributed by atoms with Crippen molar-refractivity contribution in [2.45, 2.75) is 70.3 Å². The van der Waals surface area contributed by atoms with Crippen molar-refractivity contribution in [3.8, 4) is 0 Å². The number of carboxylic acids is 2. The maximum atomic E-state index is 12.9. The molecule has 5 unspecified atom stereocenters. The van der Waals surface area contributed by atoms with Gasteiger partial charge < -0.3 is 37.0 Å². The minimum absolute atomic E-state index is 0.0883. The number of aliphatic hydroxyl groups excluding tert-OH is 1. The third kappa shape index (κ3) is 10.5. The second kappa shape index (κ2) is 14.0. The van der Waals surface area contributed by atoms with Gasteiger partial charge in [0.05, 0.1) is 18.6 Å². The van der Waals surface area contributed by atoms with Crippen molar-refractivity contribution >= 4 is 29.7 Å². The number of carbonyl (C=O) groups excluding carboxylic acids is 3. The Morgan fingerprint density at radius 1 is 0.857 bits per heavy atom. The van der Waals surface area contributed by atoms with E-state index >= 15 is 0 Å². The van der Waals surface area contributed by atoms with Crippen molar-refractivity contribution < 1.29 is 39.3 Å². The van der Waals surface area contributed by atoms with Crippen LogP contribution in [-0.2, 0) is 30.4 Å². The zero-order valence-corrected chi connectivity index (χ0v) is 19.9. The molecule has 12 heteroatoms. The van der Waals surface area contributed by atoms with Crippen molar-refractivity contribution in [1.82, 2.24) is 16.0 Å². The second-order valence-electron chi connectivity index (χ2n) is 8.71. The molecule has 0 aliphatic heterocycles. The van der Waals surface area contributed by atoms with Crippen LogP contribution < -0.4 is 21.7 Å². The number of nitrogens with two attached hydrogens (primary N) is 1. The largest absolute Gasteiger partial charge is 0.481 e. The third-order valence-electron chi connectivity index (χ3n) is 5.03. The van der Waals surface area contributed by atoms with Gasteiger partial charge >= 0.3 is 11.9 Å². The Labute approximate surface area is 203 Å². The Morgan fingerprint density at radius 3 is 1.91 bits per heavy atom.